The lowest BCUT2D eigenvalue weighted by atomic mass is 10.4. The highest BCUT2D eigenvalue weighted by atomic mass is 16.3. The number of aromatic nitrogens is 1. The summed E-state index contributed by atoms with van der Waals surface area (Å²) in [5.41, 5.74) is 6.08. The summed E-state index contributed by atoms with van der Waals surface area (Å²) >= 11 is 0. The van der Waals surface area contributed by atoms with Gasteiger partial charge in [0.15, 0.2) is 0 Å². The quantitative estimate of drug-likeness (QED) is 0.611. The van der Waals surface area contributed by atoms with Crippen LogP contribution in [0.1, 0.15) is 6.92 Å². The molecule has 1 aromatic rings. The van der Waals surface area contributed by atoms with Gasteiger partial charge in [-0.2, -0.15) is 0 Å². The second kappa shape index (κ2) is 3.92. The van der Waals surface area contributed by atoms with Crippen LogP contribution in [-0.2, 0) is 0 Å². The first-order chi connectivity index (χ1) is 5.68. The molecule has 0 bridgehead atoms. The normalized spacial score (nSPS) is 12.5. The van der Waals surface area contributed by atoms with E-state index < -0.39 is 0 Å². The molecule has 0 radical (unpaired) electrons. The minimum Gasteiger partial charge on any atom is -0.397 e. The number of aliphatic hydroxyl groups is 1. The molecule has 1 rings (SSSR count). The minimum absolute atomic E-state index is 0.371. The summed E-state index contributed by atoms with van der Waals surface area (Å²) < 4.78 is 0. The highest BCUT2D eigenvalue weighted by Gasteiger charge is 1.95. The van der Waals surface area contributed by atoms with Gasteiger partial charge < -0.3 is 16.2 Å². The molecular formula is C8H13N3O. The number of rotatable bonds is 3. The van der Waals surface area contributed by atoms with Crippen LogP contribution in [0.25, 0.3) is 0 Å². The summed E-state index contributed by atoms with van der Waals surface area (Å²) in [6, 6.07) is 3.54. The maximum atomic E-state index is 8.95. The van der Waals surface area contributed by atoms with Gasteiger partial charge >= 0.3 is 0 Å². The van der Waals surface area contributed by atoms with E-state index in [0.29, 0.717) is 12.2 Å². The predicted molar refractivity (Wildman–Crippen MR) is 48.8 cm³/mol. The molecule has 1 aromatic heterocycles. The zero-order valence-corrected chi connectivity index (χ0v) is 6.99. The Morgan fingerprint density at radius 3 is 2.92 bits per heavy atom. The molecule has 0 aliphatic rings. The van der Waals surface area contributed by atoms with Crippen molar-refractivity contribution in [1.82, 2.24) is 4.98 Å². The van der Waals surface area contributed by atoms with Crippen LogP contribution in [0, 0.1) is 0 Å². The number of hydrogen-bond donors (Lipinski definition) is 3. The van der Waals surface area contributed by atoms with Gasteiger partial charge in [-0.25, -0.2) is 4.98 Å². The van der Waals surface area contributed by atoms with Crippen LogP contribution < -0.4 is 11.1 Å². The predicted octanol–water partition coefficient (Wildman–Crippen LogP) is 0.457. The van der Waals surface area contributed by atoms with Crippen LogP contribution in [-0.4, -0.2) is 22.7 Å². The Bertz CT molecular complexity index is 233. The van der Waals surface area contributed by atoms with Gasteiger partial charge in [0.2, 0.25) is 0 Å². The number of hydrogen-bond acceptors (Lipinski definition) is 4. The van der Waals surface area contributed by atoms with Gasteiger partial charge in [-0.3, -0.25) is 0 Å². The van der Waals surface area contributed by atoms with Crippen molar-refractivity contribution < 1.29 is 5.11 Å². The summed E-state index contributed by atoms with van der Waals surface area (Å²) in [4.78, 5) is 4.00. The highest BCUT2D eigenvalue weighted by molar-refractivity contribution is 5.43. The van der Waals surface area contributed by atoms with Gasteiger partial charge in [-0.05, 0) is 19.1 Å². The van der Waals surface area contributed by atoms with Crippen LogP contribution in [0.15, 0.2) is 18.3 Å². The smallest absolute Gasteiger partial charge is 0.126 e. The molecule has 0 amide bonds. The summed E-state index contributed by atoms with van der Waals surface area (Å²) in [6.45, 7) is 2.21. The van der Waals surface area contributed by atoms with Crippen molar-refractivity contribution in [2.45, 2.75) is 13.0 Å². The third kappa shape index (κ3) is 2.75. The number of nitrogen functional groups attached to an aromatic ring is 1. The molecule has 66 valence electrons. The number of nitrogens with two attached hydrogens (primary N) is 1. The van der Waals surface area contributed by atoms with E-state index in [9.17, 15) is 0 Å². The van der Waals surface area contributed by atoms with E-state index in [-0.39, 0.29) is 6.10 Å². The van der Waals surface area contributed by atoms with E-state index in [2.05, 4.69) is 10.3 Å². The molecule has 0 saturated carbocycles. The van der Waals surface area contributed by atoms with Gasteiger partial charge in [-0.15, -0.1) is 0 Å². The Balaban J connectivity index is 2.48. The topological polar surface area (TPSA) is 71.2 Å². The SMILES string of the molecule is C[C@H](O)CNc1ccc(N)cn1. The van der Waals surface area contributed by atoms with Crippen LogP contribution in [0.4, 0.5) is 11.5 Å². The highest BCUT2D eigenvalue weighted by Crippen LogP contribution is 2.05. The largest absolute Gasteiger partial charge is 0.397 e. The maximum absolute atomic E-state index is 8.95. The molecule has 0 saturated heterocycles. The van der Waals surface area contributed by atoms with Crippen molar-refractivity contribution in [3.63, 3.8) is 0 Å². The Morgan fingerprint density at radius 2 is 2.42 bits per heavy atom. The average Bonchev–Trinajstić information content (AvgIpc) is 2.03. The minimum atomic E-state index is -0.371. The molecule has 0 fully saturated rings. The zero-order chi connectivity index (χ0) is 8.97. The lowest BCUT2D eigenvalue weighted by Gasteiger charge is -2.06. The van der Waals surface area contributed by atoms with E-state index in [1.54, 1.807) is 25.3 Å². The first-order valence-corrected chi connectivity index (χ1v) is 3.82. The lowest BCUT2D eigenvalue weighted by Crippen LogP contribution is -2.15. The van der Waals surface area contributed by atoms with Gasteiger partial charge in [-0.1, -0.05) is 0 Å². The molecule has 0 unspecified atom stereocenters. The van der Waals surface area contributed by atoms with Gasteiger partial charge in [0, 0.05) is 6.54 Å². The third-order valence-electron chi connectivity index (χ3n) is 1.36. The standard InChI is InChI=1S/C8H13N3O/c1-6(12)4-10-8-3-2-7(9)5-11-8/h2-3,5-6,12H,4,9H2,1H3,(H,10,11)/t6-/m0/s1. The Kier molecular flexibility index (Phi) is 2.88. The lowest BCUT2D eigenvalue weighted by molar-refractivity contribution is 0.208. The number of anilines is 2. The van der Waals surface area contributed by atoms with Crippen molar-refractivity contribution in [1.29, 1.82) is 0 Å². The van der Waals surface area contributed by atoms with Crippen LogP contribution in [0.2, 0.25) is 0 Å². The molecule has 0 aromatic carbocycles. The number of nitrogens with zero attached hydrogens (tertiary/aromatic N) is 1. The average molecular weight is 167 g/mol. The fraction of sp³-hybridized carbons (Fsp3) is 0.375. The summed E-state index contributed by atoms with van der Waals surface area (Å²) in [7, 11) is 0. The third-order valence-corrected chi connectivity index (χ3v) is 1.36. The van der Waals surface area contributed by atoms with E-state index in [0.717, 1.165) is 5.82 Å². The van der Waals surface area contributed by atoms with Crippen molar-refractivity contribution in [3.8, 4) is 0 Å². The Hall–Kier alpha value is -1.29. The fourth-order valence-corrected chi connectivity index (χ4v) is 0.762. The van der Waals surface area contributed by atoms with Gasteiger partial charge in [0.1, 0.15) is 5.82 Å². The molecule has 1 heterocycles. The second-order valence-corrected chi connectivity index (χ2v) is 2.71. The first-order valence-electron chi connectivity index (χ1n) is 3.82. The van der Waals surface area contributed by atoms with E-state index in [4.69, 9.17) is 10.8 Å². The van der Waals surface area contributed by atoms with E-state index in [1.165, 1.54) is 0 Å². The van der Waals surface area contributed by atoms with Crippen molar-refractivity contribution >= 4 is 11.5 Å². The molecule has 0 spiro atoms. The molecule has 0 aliphatic heterocycles. The zero-order valence-electron chi connectivity index (χ0n) is 6.99. The molecule has 0 aliphatic carbocycles. The molecule has 4 N–H and O–H groups in total. The van der Waals surface area contributed by atoms with E-state index in [1.807, 2.05) is 0 Å². The molecule has 12 heavy (non-hydrogen) atoms. The number of pyridine rings is 1. The summed E-state index contributed by atoms with van der Waals surface area (Å²) in [5.74, 6) is 0.727. The number of nitrogens with one attached hydrogen (secondary N) is 1. The Labute approximate surface area is 71.4 Å². The molecule has 1 atom stereocenters. The van der Waals surface area contributed by atoms with Crippen molar-refractivity contribution in [3.05, 3.63) is 18.3 Å². The number of aliphatic hydroxyl groups excluding tert-OH is 1. The van der Waals surface area contributed by atoms with Crippen molar-refractivity contribution in [2.24, 2.45) is 0 Å². The van der Waals surface area contributed by atoms with Gasteiger partial charge in [0.25, 0.3) is 0 Å². The molecule has 4 heteroatoms. The van der Waals surface area contributed by atoms with Crippen LogP contribution in [0.5, 0.6) is 0 Å². The molecular weight excluding hydrogens is 154 g/mol. The summed E-state index contributed by atoms with van der Waals surface area (Å²) in [5, 5.41) is 11.9. The summed E-state index contributed by atoms with van der Waals surface area (Å²) in [6.07, 6.45) is 1.20. The maximum Gasteiger partial charge on any atom is 0.126 e. The second-order valence-electron chi connectivity index (χ2n) is 2.71. The monoisotopic (exact) mass is 167 g/mol. The van der Waals surface area contributed by atoms with E-state index >= 15 is 0 Å². The molecule has 4 nitrogen and oxygen atoms in total. The van der Waals surface area contributed by atoms with Gasteiger partial charge in [0.05, 0.1) is 18.0 Å². The fourth-order valence-electron chi connectivity index (χ4n) is 0.762. The van der Waals surface area contributed by atoms with Crippen LogP contribution in [0.3, 0.4) is 0 Å². The Morgan fingerprint density at radius 1 is 1.67 bits per heavy atom. The first kappa shape index (κ1) is 8.80. The van der Waals surface area contributed by atoms with Crippen LogP contribution >= 0.6 is 0 Å². The van der Waals surface area contributed by atoms with Crippen molar-refractivity contribution in [2.75, 3.05) is 17.6 Å².